The Morgan fingerprint density at radius 3 is 2.48 bits per heavy atom. The van der Waals surface area contributed by atoms with Crippen LogP contribution in [-0.2, 0) is 4.79 Å². The van der Waals surface area contributed by atoms with E-state index in [1.54, 1.807) is 17.1 Å². The second kappa shape index (κ2) is 8.23. The predicted molar refractivity (Wildman–Crippen MR) is 108 cm³/mol. The fourth-order valence-electron chi connectivity index (χ4n) is 3.75. The van der Waals surface area contributed by atoms with Crippen LogP contribution in [0.15, 0.2) is 46.9 Å². The van der Waals surface area contributed by atoms with Crippen molar-refractivity contribution < 1.29 is 18.4 Å². The van der Waals surface area contributed by atoms with Crippen LogP contribution in [0.3, 0.4) is 0 Å². The molecule has 5 nitrogen and oxygen atoms in total. The minimum Gasteiger partial charge on any atom is -0.461 e. The molecule has 152 valence electrons. The summed E-state index contributed by atoms with van der Waals surface area (Å²) in [5.74, 6) is 2.28. The van der Waals surface area contributed by atoms with E-state index in [9.17, 15) is 14.0 Å². The van der Waals surface area contributed by atoms with Crippen LogP contribution in [0.4, 0.5) is 4.39 Å². The standard InChI is InChI=1S/C23H25FN2O3/c1-15-14-20(15)21-8-6-19(29-21)7-9-22(27)26-12-10-18(11-13-26)25-23(28)16-2-4-17(24)5-3-16/h2-9,15,18,20H,10-14H2,1H3,(H,25,28)/b9-7+. The molecular formula is C23H25FN2O3. The number of amides is 2. The molecular weight excluding hydrogens is 371 g/mol. The SMILES string of the molecule is CC1CC1c1ccc(/C=C/C(=O)N2CCC(NC(=O)c3ccc(F)cc3)CC2)o1. The van der Waals surface area contributed by atoms with Gasteiger partial charge in [0.05, 0.1) is 0 Å². The van der Waals surface area contributed by atoms with Gasteiger partial charge < -0.3 is 14.6 Å². The molecule has 2 unspecified atom stereocenters. The Balaban J connectivity index is 1.24. The fourth-order valence-corrected chi connectivity index (χ4v) is 3.75. The minimum atomic E-state index is -0.366. The highest BCUT2D eigenvalue weighted by Crippen LogP contribution is 2.47. The summed E-state index contributed by atoms with van der Waals surface area (Å²) in [5, 5.41) is 2.96. The summed E-state index contributed by atoms with van der Waals surface area (Å²) >= 11 is 0. The summed E-state index contributed by atoms with van der Waals surface area (Å²) in [4.78, 5) is 26.5. The molecule has 29 heavy (non-hydrogen) atoms. The smallest absolute Gasteiger partial charge is 0.251 e. The number of benzene rings is 1. The summed E-state index contributed by atoms with van der Waals surface area (Å²) in [6.07, 6.45) is 5.83. The molecule has 2 heterocycles. The molecule has 1 N–H and O–H groups in total. The zero-order chi connectivity index (χ0) is 20.4. The summed E-state index contributed by atoms with van der Waals surface area (Å²) in [6.45, 7) is 3.37. The van der Waals surface area contributed by atoms with Crippen LogP contribution < -0.4 is 5.32 Å². The first-order valence-electron chi connectivity index (χ1n) is 10.1. The summed E-state index contributed by atoms with van der Waals surface area (Å²) in [6, 6.07) is 9.39. The van der Waals surface area contributed by atoms with Crippen LogP contribution >= 0.6 is 0 Å². The van der Waals surface area contributed by atoms with Gasteiger partial charge in [0.2, 0.25) is 5.91 Å². The molecule has 1 aromatic carbocycles. The van der Waals surface area contributed by atoms with Crippen LogP contribution in [0.5, 0.6) is 0 Å². The van der Waals surface area contributed by atoms with Crippen molar-refractivity contribution in [1.82, 2.24) is 10.2 Å². The first-order chi connectivity index (χ1) is 14.0. The van der Waals surface area contributed by atoms with Gasteiger partial charge in [-0.2, -0.15) is 0 Å². The molecule has 4 rings (SSSR count). The van der Waals surface area contributed by atoms with Gasteiger partial charge in [-0.05, 0) is 67.7 Å². The molecule has 0 spiro atoms. The van der Waals surface area contributed by atoms with E-state index in [-0.39, 0.29) is 23.7 Å². The lowest BCUT2D eigenvalue weighted by atomic mass is 10.0. The molecule has 1 aromatic heterocycles. The zero-order valence-electron chi connectivity index (χ0n) is 16.4. The molecule has 2 atom stereocenters. The van der Waals surface area contributed by atoms with E-state index in [0.717, 1.165) is 5.76 Å². The Morgan fingerprint density at radius 2 is 1.83 bits per heavy atom. The number of nitrogens with zero attached hydrogens (tertiary/aromatic N) is 1. The van der Waals surface area contributed by atoms with Gasteiger partial charge in [-0.25, -0.2) is 4.39 Å². The van der Waals surface area contributed by atoms with Crippen LogP contribution in [0, 0.1) is 11.7 Å². The molecule has 2 aliphatic rings. The van der Waals surface area contributed by atoms with E-state index >= 15 is 0 Å². The quantitative estimate of drug-likeness (QED) is 0.778. The molecule has 1 saturated heterocycles. The minimum absolute atomic E-state index is 0.00810. The molecule has 0 bridgehead atoms. The first-order valence-corrected chi connectivity index (χ1v) is 10.1. The maximum absolute atomic E-state index is 13.0. The second-order valence-electron chi connectivity index (χ2n) is 7.97. The highest BCUT2D eigenvalue weighted by molar-refractivity contribution is 5.94. The molecule has 1 aliphatic heterocycles. The van der Waals surface area contributed by atoms with Crippen molar-refractivity contribution in [2.75, 3.05) is 13.1 Å². The van der Waals surface area contributed by atoms with Crippen LogP contribution in [0.2, 0.25) is 0 Å². The summed E-state index contributed by atoms with van der Waals surface area (Å²) in [5.41, 5.74) is 0.436. The van der Waals surface area contributed by atoms with Crippen LogP contribution in [0.25, 0.3) is 6.08 Å². The third kappa shape index (κ3) is 4.75. The van der Waals surface area contributed by atoms with Gasteiger partial charge in [0.1, 0.15) is 17.3 Å². The van der Waals surface area contributed by atoms with Gasteiger partial charge in [-0.3, -0.25) is 9.59 Å². The fraction of sp³-hybridized carbons (Fsp3) is 0.391. The number of hydrogen-bond acceptors (Lipinski definition) is 3. The van der Waals surface area contributed by atoms with E-state index in [2.05, 4.69) is 12.2 Å². The van der Waals surface area contributed by atoms with Crippen molar-refractivity contribution in [1.29, 1.82) is 0 Å². The Morgan fingerprint density at radius 1 is 1.14 bits per heavy atom. The topological polar surface area (TPSA) is 62.6 Å². The molecule has 2 fully saturated rings. The summed E-state index contributed by atoms with van der Waals surface area (Å²) < 4.78 is 18.8. The number of hydrogen-bond donors (Lipinski definition) is 1. The van der Waals surface area contributed by atoms with Crippen molar-refractivity contribution in [3.63, 3.8) is 0 Å². The maximum Gasteiger partial charge on any atom is 0.251 e. The number of furan rings is 1. The van der Waals surface area contributed by atoms with E-state index in [0.29, 0.717) is 49.1 Å². The van der Waals surface area contributed by atoms with E-state index in [1.807, 2.05) is 12.1 Å². The first kappa shape index (κ1) is 19.4. The maximum atomic E-state index is 13.0. The van der Waals surface area contributed by atoms with E-state index < -0.39 is 0 Å². The molecule has 0 radical (unpaired) electrons. The van der Waals surface area contributed by atoms with Crippen molar-refractivity contribution in [2.45, 2.75) is 38.1 Å². The van der Waals surface area contributed by atoms with Gasteiger partial charge in [0.25, 0.3) is 5.91 Å². The lowest BCUT2D eigenvalue weighted by Crippen LogP contribution is -2.46. The highest BCUT2D eigenvalue weighted by Gasteiger charge is 2.36. The van der Waals surface area contributed by atoms with Crippen molar-refractivity contribution in [3.8, 4) is 0 Å². The van der Waals surface area contributed by atoms with Gasteiger partial charge in [-0.1, -0.05) is 6.92 Å². The third-order valence-corrected chi connectivity index (χ3v) is 5.76. The Kier molecular flexibility index (Phi) is 5.51. The number of carbonyl (C=O) groups excluding carboxylic acids is 2. The van der Waals surface area contributed by atoms with Gasteiger partial charge in [0, 0.05) is 36.7 Å². The Bertz CT molecular complexity index is 910. The molecule has 6 heteroatoms. The van der Waals surface area contributed by atoms with Crippen LogP contribution in [-0.4, -0.2) is 35.8 Å². The largest absolute Gasteiger partial charge is 0.461 e. The number of rotatable bonds is 5. The summed E-state index contributed by atoms with van der Waals surface area (Å²) in [7, 11) is 0. The van der Waals surface area contributed by atoms with Gasteiger partial charge >= 0.3 is 0 Å². The van der Waals surface area contributed by atoms with Crippen molar-refractivity contribution >= 4 is 17.9 Å². The lowest BCUT2D eigenvalue weighted by Gasteiger charge is -2.31. The predicted octanol–water partition coefficient (Wildman–Crippen LogP) is 3.98. The zero-order valence-corrected chi connectivity index (χ0v) is 16.4. The number of halogens is 1. The van der Waals surface area contributed by atoms with E-state index in [1.165, 1.54) is 30.7 Å². The molecule has 1 aliphatic carbocycles. The van der Waals surface area contributed by atoms with E-state index in [4.69, 9.17) is 4.42 Å². The monoisotopic (exact) mass is 396 g/mol. The van der Waals surface area contributed by atoms with Crippen molar-refractivity contribution in [3.05, 3.63) is 65.4 Å². The van der Waals surface area contributed by atoms with Crippen molar-refractivity contribution in [2.24, 2.45) is 5.92 Å². The second-order valence-corrected chi connectivity index (χ2v) is 7.97. The Labute approximate surface area is 169 Å². The normalized spacial score (nSPS) is 22.1. The number of nitrogens with one attached hydrogen (secondary N) is 1. The number of piperidine rings is 1. The average molecular weight is 396 g/mol. The number of likely N-dealkylation sites (tertiary alicyclic amines) is 1. The van der Waals surface area contributed by atoms with Gasteiger partial charge in [0.15, 0.2) is 0 Å². The molecule has 2 aromatic rings. The molecule has 1 saturated carbocycles. The third-order valence-electron chi connectivity index (χ3n) is 5.76. The van der Waals surface area contributed by atoms with Crippen LogP contribution in [0.1, 0.15) is 54.0 Å². The number of carbonyl (C=O) groups is 2. The lowest BCUT2D eigenvalue weighted by molar-refractivity contribution is -0.127. The average Bonchev–Trinajstić information content (AvgIpc) is 3.26. The van der Waals surface area contributed by atoms with Gasteiger partial charge in [-0.15, -0.1) is 0 Å². The Hall–Kier alpha value is -2.89. The highest BCUT2D eigenvalue weighted by atomic mass is 19.1. The molecule has 2 amide bonds.